The minimum Gasteiger partial charge on any atom is -0.313 e. The van der Waals surface area contributed by atoms with Crippen LogP contribution in [0.15, 0.2) is 47.4 Å². The maximum absolute atomic E-state index is 12.5. The number of fused-ring (bicyclic) bond motifs is 1. The molecular weight excluding hydrogens is 308 g/mol. The summed E-state index contributed by atoms with van der Waals surface area (Å²) in [5.41, 5.74) is 0. The molecule has 3 rings (SSSR count). The predicted octanol–water partition coefficient (Wildman–Crippen LogP) is 2.29. The second-order valence-corrected chi connectivity index (χ2v) is 6.86. The number of nitrogens with one attached hydrogen (secondary N) is 2. The summed E-state index contributed by atoms with van der Waals surface area (Å²) in [4.78, 5) is 0.355. The lowest BCUT2D eigenvalue weighted by atomic mass is 10.1. The number of benzene rings is 2. The average Bonchev–Trinajstić information content (AvgIpc) is 2.98. The van der Waals surface area contributed by atoms with Gasteiger partial charge in [-0.3, -0.25) is 0 Å². The van der Waals surface area contributed by atoms with Crippen LogP contribution in [0.3, 0.4) is 0 Å². The van der Waals surface area contributed by atoms with Crippen LogP contribution < -0.4 is 10.0 Å². The first-order valence-electron chi connectivity index (χ1n) is 6.88. The van der Waals surface area contributed by atoms with Crippen LogP contribution in [0.2, 0.25) is 0 Å². The van der Waals surface area contributed by atoms with Gasteiger partial charge in [0.2, 0.25) is 10.0 Å². The van der Waals surface area contributed by atoms with Crippen molar-refractivity contribution >= 4 is 33.2 Å². The molecule has 2 aromatic rings. The highest BCUT2D eigenvalue weighted by atomic mass is 35.5. The van der Waals surface area contributed by atoms with E-state index in [2.05, 4.69) is 10.0 Å². The van der Waals surface area contributed by atoms with E-state index in [1.54, 1.807) is 12.1 Å². The van der Waals surface area contributed by atoms with Crippen molar-refractivity contribution < 1.29 is 8.42 Å². The Labute approximate surface area is 131 Å². The molecule has 2 aromatic carbocycles. The fraction of sp³-hybridized carbons (Fsp3) is 0.333. The Hall–Kier alpha value is -1.14. The second-order valence-electron chi connectivity index (χ2n) is 5.12. The minimum absolute atomic E-state index is 0. The maximum atomic E-state index is 12.5. The molecular formula is C15H19ClN2O2S. The van der Waals surface area contributed by atoms with E-state index in [0.717, 1.165) is 30.2 Å². The zero-order chi connectivity index (χ0) is 14.0. The van der Waals surface area contributed by atoms with Gasteiger partial charge in [-0.15, -0.1) is 12.4 Å². The molecule has 0 amide bonds. The van der Waals surface area contributed by atoms with Crippen molar-refractivity contribution in [3.8, 4) is 0 Å². The summed E-state index contributed by atoms with van der Waals surface area (Å²) in [6.45, 7) is 1.42. The van der Waals surface area contributed by atoms with E-state index in [0.29, 0.717) is 11.4 Å². The van der Waals surface area contributed by atoms with Gasteiger partial charge < -0.3 is 5.32 Å². The molecule has 0 radical (unpaired) electrons. The molecule has 4 nitrogen and oxygen atoms in total. The second kappa shape index (κ2) is 6.75. The standard InChI is InChI=1S/C15H18N2O2S.ClH/c18-20(19,17-11-13-7-4-10-16-13)15-9-3-6-12-5-1-2-8-14(12)15;/h1-3,5-6,8-9,13,16-17H,4,7,10-11H2;1H. The molecule has 1 unspecified atom stereocenters. The van der Waals surface area contributed by atoms with Crippen molar-refractivity contribution in [3.05, 3.63) is 42.5 Å². The van der Waals surface area contributed by atoms with Crippen molar-refractivity contribution in [3.63, 3.8) is 0 Å². The Balaban J connectivity index is 0.00000161. The predicted molar refractivity (Wildman–Crippen MR) is 87.4 cm³/mol. The summed E-state index contributed by atoms with van der Waals surface area (Å²) >= 11 is 0. The van der Waals surface area contributed by atoms with E-state index in [1.807, 2.05) is 30.3 Å². The summed E-state index contributed by atoms with van der Waals surface area (Å²) < 4.78 is 27.6. The lowest BCUT2D eigenvalue weighted by molar-refractivity contribution is 0.552. The van der Waals surface area contributed by atoms with Gasteiger partial charge in [-0.2, -0.15) is 0 Å². The fourth-order valence-corrected chi connectivity index (χ4v) is 3.96. The van der Waals surface area contributed by atoms with Gasteiger partial charge in [0, 0.05) is 18.0 Å². The van der Waals surface area contributed by atoms with Crippen LogP contribution in [0.5, 0.6) is 0 Å². The Morgan fingerprint density at radius 1 is 1.14 bits per heavy atom. The molecule has 0 aliphatic carbocycles. The van der Waals surface area contributed by atoms with Gasteiger partial charge in [-0.05, 0) is 30.8 Å². The van der Waals surface area contributed by atoms with E-state index in [1.165, 1.54) is 0 Å². The van der Waals surface area contributed by atoms with Crippen molar-refractivity contribution in [2.24, 2.45) is 0 Å². The SMILES string of the molecule is Cl.O=S(=O)(NCC1CCCN1)c1cccc2ccccc12. The molecule has 1 aliphatic heterocycles. The van der Waals surface area contributed by atoms with E-state index < -0.39 is 10.0 Å². The topological polar surface area (TPSA) is 58.2 Å². The summed E-state index contributed by atoms with van der Waals surface area (Å²) in [5, 5.41) is 5.00. The first kappa shape index (κ1) is 16.2. The van der Waals surface area contributed by atoms with Gasteiger partial charge in [0.1, 0.15) is 0 Å². The number of hydrogen-bond donors (Lipinski definition) is 2. The highest BCUT2D eigenvalue weighted by Crippen LogP contribution is 2.22. The molecule has 1 saturated heterocycles. The Morgan fingerprint density at radius 3 is 2.67 bits per heavy atom. The van der Waals surface area contributed by atoms with Crippen molar-refractivity contribution in [1.29, 1.82) is 0 Å². The highest BCUT2D eigenvalue weighted by Gasteiger charge is 2.20. The third kappa shape index (κ3) is 3.55. The fourth-order valence-electron chi connectivity index (χ4n) is 2.65. The van der Waals surface area contributed by atoms with E-state index in [-0.39, 0.29) is 18.4 Å². The zero-order valence-corrected chi connectivity index (χ0v) is 13.2. The van der Waals surface area contributed by atoms with Crippen LogP contribution in [-0.2, 0) is 10.0 Å². The first-order chi connectivity index (χ1) is 9.67. The van der Waals surface area contributed by atoms with E-state index in [9.17, 15) is 8.42 Å². The van der Waals surface area contributed by atoms with Crippen molar-refractivity contribution in [2.75, 3.05) is 13.1 Å². The van der Waals surface area contributed by atoms with Crippen LogP contribution in [0, 0.1) is 0 Å². The molecule has 1 fully saturated rings. The minimum atomic E-state index is -3.46. The van der Waals surface area contributed by atoms with Crippen molar-refractivity contribution in [1.82, 2.24) is 10.0 Å². The lowest BCUT2D eigenvalue weighted by Crippen LogP contribution is -2.37. The van der Waals surface area contributed by atoms with Gasteiger partial charge in [-0.1, -0.05) is 36.4 Å². The Bertz CT molecular complexity index is 707. The quantitative estimate of drug-likeness (QED) is 0.906. The molecule has 0 aromatic heterocycles. The number of halogens is 1. The molecule has 0 bridgehead atoms. The van der Waals surface area contributed by atoms with Gasteiger partial charge >= 0.3 is 0 Å². The molecule has 1 aliphatic rings. The Morgan fingerprint density at radius 2 is 1.90 bits per heavy atom. The van der Waals surface area contributed by atoms with Crippen LogP contribution in [0.25, 0.3) is 10.8 Å². The summed E-state index contributed by atoms with van der Waals surface area (Å²) in [6, 6.07) is 13.2. The van der Waals surface area contributed by atoms with Crippen LogP contribution in [0.4, 0.5) is 0 Å². The molecule has 1 atom stereocenters. The highest BCUT2D eigenvalue weighted by molar-refractivity contribution is 7.89. The van der Waals surface area contributed by atoms with Crippen LogP contribution in [-0.4, -0.2) is 27.5 Å². The lowest BCUT2D eigenvalue weighted by Gasteiger charge is -2.13. The maximum Gasteiger partial charge on any atom is 0.241 e. The molecule has 21 heavy (non-hydrogen) atoms. The smallest absolute Gasteiger partial charge is 0.241 e. The molecule has 114 valence electrons. The van der Waals surface area contributed by atoms with Crippen molar-refractivity contribution in [2.45, 2.75) is 23.8 Å². The van der Waals surface area contributed by atoms with Gasteiger partial charge in [-0.25, -0.2) is 13.1 Å². The number of sulfonamides is 1. The summed E-state index contributed by atoms with van der Waals surface area (Å²) in [5.74, 6) is 0. The summed E-state index contributed by atoms with van der Waals surface area (Å²) in [6.07, 6.45) is 2.14. The third-order valence-corrected chi connectivity index (χ3v) is 5.20. The van der Waals surface area contributed by atoms with Gasteiger partial charge in [0.05, 0.1) is 4.90 Å². The van der Waals surface area contributed by atoms with E-state index >= 15 is 0 Å². The first-order valence-corrected chi connectivity index (χ1v) is 8.36. The third-order valence-electron chi connectivity index (χ3n) is 3.72. The monoisotopic (exact) mass is 326 g/mol. The number of hydrogen-bond acceptors (Lipinski definition) is 3. The number of rotatable bonds is 4. The van der Waals surface area contributed by atoms with E-state index in [4.69, 9.17) is 0 Å². The zero-order valence-electron chi connectivity index (χ0n) is 11.6. The summed E-state index contributed by atoms with van der Waals surface area (Å²) in [7, 11) is -3.46. The van der Waals surface area contributed by atoms with Crippen LogP contribution >= 0.6 is 12.4 Å². The largest absolute Gasteiger partial charge is 0.313 e. The Kier molecular flexibility index (Phi) is 5.22. The molecule has 0 spiro atoms. The molecule has 0 saturated carbocycles. The molecule has 2 N–H and O–H groups in total. The van der Waals surface area contributed by atoms with Gasteiger partial charge in [0.15, 0.2) is 0 Å². The normalized spacial score (nSPS) is 18.6. The van der Waals surface area contributed by atoms with Crippen LogP contribution in [0.1, 0.15) is 12.8 Å². The molecule has 6 heteroatoms. The average molecular weight is 327 g/mol. The molecule has 1 heterocycles. The van der Waals surface area contributed by atoms with Gasteiger partial charge in [0.25, 0.3) is 0 Å².